The van der Waals surface area contributed by atoms with Gasteiger partial charge in [-0.25, -0.2) is 4.39 Å². The molecule has 0 fully saturated rings. The molecule has 0 spiro atoms. The highest BCUT2D eigenvalue weighted by atomic mass is 19.1. The maximum absolute atomic E-state index is 13.5. The molecule has 16 heavy (non-hydrogen) atoms. The van der Waals surface area contributed by atoms with E-state index in [2.05, 4.69) is 0 Å². The van der Waals surface area contributed by atoms with Crippen molar-refractivity contribution in [3.8, 4) is 5.75 Å². The number of primary amides is 1. The third-order valence-corrected chi connectivity index (χ3v) is 2.19. The van der Waals surface area contributed by atoms with Crippen molar-refractivity contribution >= 4 is 5.91 Å². The molecule has 0 heterocycles. The van der Waals surface area contributed by atoms with Crippen LogP contribution in [0.15, 0.2) is 18.2 Å². The molecule has 0 radical (unpaired) electrons. The zero-order valence-corrected chi connectivity index (χ0v) is 9.24. The molecule has 1 amide bonds. The van der Waals surface area contributed by atoms with Crippen LogP contribution in [0.2, 0.25) is 0 Å². The second kappa shape index (κ2) is 4.94. The molecular weight excluding hydrogens is 211 g/mol. The summed E-state index contributed by atoms with van der Waals surface area (Å²) >= 11 is 0. The minimum Gasteiger partial charge on any atom is -0.478 e. The van der Waals surface area contributed by atoms with Gasteiger partial charge in [-0.1, -0.05) is 6.07 Å². The van der Waals surface area contributed by atoms with Gasteiger partial charge in [-0.05, 0) is 31.5 Å². The number of carbonyl (C=O) groups excluding carboxylic acids is 1. The molecule has 1 aromatic carbocycles. The highest BCUT2D eigenvalue weighted by molar-refractivity contribution is 5.78. The lowest BCUT2D eigenvalue weighted by molar-refractivity contribution is -0.124. The lowest BCUT2D eigenvalue weighted by Gasteiger charge is -2.13. The van der Waals surface area contributed by atoms with Crippen LogP contribution in [0.5, 0.6) is 5.75 Å². The molecule has 4 nitrogen and oxygen atoms in total. The van der Waals surface area contributed by atoms with Crippen LogP contribution >= 0.6 is 0 Å². The van der Waals surface area contributed by atoms with E-state index in [1.165, 1.54) is 19.1 Å². The Kier molecular flexibility index (Phi) is 3.84. The second-order valence-electron chi connectivity index (χ2n) is 3.64. The first-order valence-corrected chi connectivity index (χ1v) is 4.93. The number of rotatable bonds is 4. The van der Waals surface area contributed by atoms with Crippen LogP contribution in [-0.2, 0) is 4.79 Å². The molecule has 4 N–H and O–H groups in total. The molecule has 0 aliphatic rings. The summed E-state index contributed by atoms with van der Waals surface area (Å²) in [6, 6.07) is 4.12. The van der Waals surface area contributed by atoms with Crippen molar-refractivity contribution in [2.24, 2.45) is 11.5 Å². The van der Waals surface area contributed by atoms with Gasteiger partial charge in [0.25, 0.3) is 5.91 Å². The quantitative estimate of drug-likeness (QED) is 0.806. The lowest BCUT2D eigenvalue weighted by atomic mass is 10.1. The number of benzene rings is 1. The van der Waals surface area contributed by atoms with Crippen LogP contribution in [0.1, 0.15) is 25.5 Å². The van der Waals surface area contributed by atoms with Crippen LogP contribution in [0.3, 0.4) is 0 Å². The number of amides is 1. The number of nitrogens with two attached hydrogens (primary N) is 2. The van der Waals surface area contributed by atoms with E-state index in [4.69, 9.17) is 16.2 Å². The van der Waals surface area contributed by atoms with Crippen molar-refractivity contribution in [1.29, 1.82) is 0 Å². The SMILES string of the molecule is CC(Oc1ccc(C(C)N)cc1F)C(N)=O. The molecule has 2 atom stereocenters. The summed E-state index contributed by atoms with van der Waals surface area (Å²) in [5, 5.41) is 0. The van der Waals surface area contributed by atoms with E-state index in [0.29, 0.717) is 5.56 Å². The monoisotopic (exact) mass is 226 g/mol. The average molecular weight is 226 g/mol. The fraction of sp³-hybridized carbons (Fsp3) is 0.364. The van der Waals surface area contributed by atoms with Crippen molar-refractivity contribution in [2.45, 2.75) is 26.0 Å². The van der Waals surface area contributed by atoms with Crippen molar-refractivity contribution in [1.82, 2.24) is 0 Å². The van der Waals surface area contributed by atoms with Gasteiger partial charge >= 0.3 is 0 Å². The van der Waals surface area contributed by atoms with Gasteiger partial charge in [-0.3, -0.25) is 4.79 Å². The Morgan fingerprint density at radius 1 is 1.44 bits per heavy atom. The largest absolute Gasteiger partial charge is 0.478 e. The number of carbonyl (C=O) groups is 1. The second-order valence-corrected chi connectivity index (χ2v) is 3.64. The fourth-order valence-electron chi connectivity index (χ4n) is 1.14. The molecular formula is C11H15FN2O2. The highest BCUT2D eigenvalue weighted by Crippen LogP contribution is 2.21. The Morgan fingerprint density at radius 3 is 2.50 bits per heavy atom. The summed E-state index contributed by atoms with van der Waals surface area (Å²) < 4.78 is 18.6. The molecule has 0 aliphatic heterocycles. The molecule has 0 saturated heterocycles. The van der Waals surface area contributed by atoms with Gasteiger partial charge in [0.15, 0.2) is 17.7 Å². The minimum atomic E-state index is -0.865. The number of hydrogen-bond acceptors (Lipinski definition) is 3. The van der Waals surface area contributed by atoms with Gasteiger partial charge in [-0.2, -0.15) is 0 Å². The molecule has 1 aromatic rings. The summed E-state index contributed by atoms with van der Waals surface area (Å²) in [5.74, 6) is -1.20. The van der Waals surface area contributed by atoms with Crippen LogP contribution in [-0.4, -0.2) is 12.0 Å². The summed E-state index contributed by atoms with van der Waals surface area (Å²) in [5.41, 5.74) is 11.3. The van der Waals surface area contributed by atoms with Gasteiger partial charge in [0.1, 0.15) is 0 Å². The third kappa shape index (κ3) is 2.93. The zero-order valence-electron chi connectivity index (χ0n) is 9.24. The Morgan fingerprint density at radius 2 is 2.06 bits per heavy atom. The van der Waals surface area contributed by atoms with E-state index in [1.54, 1.807) is 13.0 Å². The minimum absolute atomic E-state index is 0.00398. The van der Waals surface area contributed by atoms with Gasteiger partial charge < -0.3 is 16.2 Å². The first-order valence-electron chi connectivity index (χ1n) is 4.93. The van der Waals surface area contributed by atoms with E-state index in [-0.39, 0.29) is 11.8 Å². The lowest BCUT2D eigenvalue weighted by Crippen LogP contribution is -2.30. The number of ether oxygens (including phenoxy) is 1. The molecule has 2 unspecified atom stereocenters. The van der Waals surface area contributed by atoms with Gasteiger partial charge in [0.05, 0.1) is 0 Å². The van der Waals surface area contributed by atoms with E-state index in [1.807, 2.05) is 0 Å². The van der Waals surface area contributed by atoms with E-state index in [0.717, 1.165) is 0 Å². The van der Waals surface area contributed by atoms with Crippen molar-refractivity contribution in [2.75, 3.05) is 0 Å². The summed E-state index contributed by atoms with van der Waals surface area (Å²) in [6.45, 7) is 3.21. The summed E-state index contributed by atoms with van der Waals surface area (Å²) in [6.07, 6.45) is -0.865. The van der Waals surface area contributed by atoms with Crippen LogP contribution < -0.4 is 16.2 Å². The highest BCUT2D eigenvalue weighted by Gasteiger charge is 2.14. The average Bonchev–Trinajstić information content (AvgIpc) is 2.20. The maximum atomic E-state index is 13.5. The van der Waals surface area contributed by atoms with Crippen LogP contribution in [0.4, 0.5) is 4.39 Å². The number of hydrogen-bond donors (Lipinski definition) is 2. The summed E-state index contributed by atoms with van der Waals surface area (Å²) in [4.78, 5) is 10.7. The number of halogens is 1. The topological polar surface area (TPSA) is 78.3 Å². The van der Waals surface area contributed by atoms with Crippen molar-refractivity contribution < 1.29 is 13.9 Å². The Labute approximate surface area is 93.4 Å². The molecule has 5 heteroatoms. The Bertz CT molecular complexity index is 394. The van der Waals surface area contributed by atoms with E-state index in [9.17, 15) is 9.18 Å². The third-order valence-electron chi connectivity index (χ3n) is 2.19. The van der Waals surface area contributed by atoms with Gasteiger partial charge in [0.2, 0.25) is 0 Å². The predicted octanol–water partition coefficient (Wildman–Crippen LogP) is 1.10. The van der Waals surface area contributed by atoms with Crippen molar-refractivity contribution in [3.05, 3.63) is 29.6 Å². The first-order chi connectivity index (χ1) is 7.41. The fourth-order valence-corrected chi connectivity index (χ4v) is 1.14. The smallest absolute Gasteiger partial charge is 0.258 e. The molecule has 0 aromatic heterocycles. The van der Waals surface area contributed by atoms with Crippen LogP contribution in [0, 0.1) is 5.82 Å². The molecule has 88 valence electrons. The molecule has 0 bridgehead atoms. The normalized spacial score (nSPS) is 14.2. The molecule has 0 saturated carbocycles. The maximum Gasteiger partial charge on any atom is 0.258 e. The standard InChI is InChI=1S/C11H15FN2O2/c1-6(13)8-3-4-10(9(12)5-8)16-7(2)11(14)15/h3-7H,13H2,1-2H3,(H2,14,15). The zero-order chi connectivity index (χ0) is 12.3. The Balaban J connectivity index is 2.87. The van der Waals surface area contributed by atoms with Crippen molar-refractivity contribution in [3.63, 3.8) is 0 Å². The van der Waals surface area contributed by atoms with Crippen LogP contribution in [0.25, 0.3) is 0 Å². The molecule has 0 aliphatic carbocycles. The van der Waals surface area contributed by atoms with Gasteiger partial charge in [-0.15, -0.1) is 0 Å². The van der Waals surface area contributed by atoms with Gasteiger partial charge in [0, 0.05) is 6.04 Å². The van der Waals surface area contributed by atoms with E-state index < -0.39 is 17.8 Å². The summed E-state index contributed by atoms with van der Waals surface area (Å²) in [7, 11) is 0. The first kappa shape index (κ1) is 12.4. The molecule has 1 rings (SSSR count). The van der Waals surface area contributed by atoms with E-state index >= 15 is 0 Å². The Hall–Kier alpha value is -1.62. The predicted molar refractivity (Wildman–Crippen MR) is 58.3 cm³/mol.